The van der Waals surface area contributed by atoms with Crippen LogP contribution in [0, 0.1) is 0 Å². The summed E-state index contributed by atoms with van der Waals surface area (Å²) < 4.78 is 36.9. The van der Waals surface area contributed by atoms with Crippen LogP contribution in [0.25, 0.3) is 0 Å². The molecule has 0 aromatic heterocycles. The van der Waals surface area contributed by atoms with Gasteiger partial charge in [-0.2, -0.15) is 0 Å². The summed E-state index contributed by atoms with van der Waals surface area (Å²) in [5, 5.41) is 0. The topological polar surface area (TPSA) is 71.1 Å². The number of hydrogen-bond donors (Lipinski definition) is 0. The molecule has 2 aromatic carbocycles. The largest absolute Gasteiger partial charge is 0.446 e. The number of carbonyl (C=O) groups excluding carboxylic acids is 2. The second-order valence-electron chi connectivity index (χ2n) is 6.96. The zero-order valence-electron chi connectivity index (χ0n) is 16.2. The zero-order valence-corrected chi connectivity index (χ0v) is 16.2. The molecule has 6 nitrogen and oxygen atoms in total. The summed E-state index contributed by atoms with van der Waals surface area (Å²) in [7, 11) is 0. The Hall–Kier alpha value is -2.77. The van der Waals surface area contributed by atoms with E-state index in [1.54, 1.807) is 30.3 Å². The third kappa shape index (κ3) is 4.99. The standard InChI is InChI=1S/C22H23FO6/c1-15(24)27-21-22(2,29-20(25)17-11-7-4-8-12-17)19(23)18(28-21)14-26-13-16-9-5-3-6-10-16/h3-12,18-19,21H,13-14H2,1-2H3/t18-,19-,21?,22-/m1/s1. The predicted molar refractivity (Wildman–Crippen MR) is 102 cm³/mol. The molecule has 1 aliphatic rings. The molecule has 2 aromatic rings. The molecule has 3 rings (SSSR count). The Balaban J connectivity index is 1.69. The van der Waals surface area contributed by atoms with E-state index in [2.05, 4.69) is 0 Å². The number of carbonyl (C=O) groups is 2. The first-order valence-electron chi connectivity index (χ1n) is 9.27. The van der Waals surface area contributed by atoms with E-state index >= 15 is 4.39 Å². The van der Waals surface area contributed by atoms with Crippen molar-refractivity contribution < 1.29 is 32.9 Å². The van der Waals surface area contributed by atoms with Gasteiger partial charge in [0.2, 0.25) is 11.9 Å². The molecule has 0 aliphatic carbocycles. The van der Waals surface area contributed by atoms with E-state index in [0.29, 0.717) is 0 Å². The molecule has 29 heavy (non-hydrogen) atoms. The molecule has 1 fully saturated rings. The third-order valence-corrected chi connectivity index (χ3v) is 4.63. The SMILES string of the molecule is CC(=O)OC1O[C@H](COCc2ccccc2)[C@@H](F)[C@@]1(C)OC(=O)c1ccccc1. The molecule has 0 bridgehead atoms. The summed E-state index contributed by atoms with van der Waals surface area (Å²) in [6.45, 7) is 2.71. The Bertz CT molecular complexity index is 828. The molecule has 0 amide bonds. The van der Waals surface area contributed by atoms with Crippen molar-refractivity contribution >= 4 is 11.9 Å². The first-order valence-corrected chi connectivity index (χ1v) is 9.27. The lowest BCUT2D eigenvalue weighted by Crippen LogP contribution is -2.49. The molecule has 1 unspecified atom stereocenters. The van der Waals surface area contributed by atoms with Gasteiger partial charge in [-0.05, 0) is 24.6 Å². The molecule has 0 saturated carbocycles. The van der Waals surface area contributed by atoms with Gasteiger partial charge in [-0.1, -0.05) is 48.5 Å². The van der Waals surface area contributed by atoms with Crippen LogP contribution in [0.3, 0.4) is 0 Å². The van der Waals surface area contributed by atoms with E-state index in [0.717, 1.165) is 5.56 Å². The highest BCUT2D eigenvalue weighted by Gasteiger charge is 2.59. The molecule has 0 spiro atoms. The number of hydrogen-bond acceptors (Lipinski definition) is 6. The van der Waals surface area contributed by atoms with Crippen LogP contribution < -0.4 is 0 Å². The van der Waals surface area contributed by atoms with Gasteiger partial charge in [-0.25, -0.2) is 9.18 Å². The van der Waals surface area contributed by atoms with E-state index in [9.17, 15) is 9.59 Å². The van der Waals surface area contributed by atoms with Crippen LogP contribution in [-0.2, 0) is 30.3 Å². The Morgan fingerprint density at radius 3 is 2.31 bits per heavy atom. The van der Waals surface area contributed by atoms with Crippen LogP contribution in [-0.4, -0.2) is 42.7 Å². The predicted octanol–water partition coefficient (Wildman–Crippen LogP) is 3.45. The lowest BCUT2D eigenvalue weighted by atomic mass is 9.98. The summed E-state index contributed by atoms with van der Waals surface area (Å²) >= 11 is 0. The van der Waals surface area contributed by atoms with Crippen molar-refractivity contribution in [1.82, 2.24) is 0 Å². The van der Waals surface area contributed by atoms with Crippen molar-refractivity contribution in [3.05, 3.63) is 71.8 Å². The van der Waals surface area contributed by atoms with Crippen molar-refractivity contribution in [3.8, 4) is 0 Å². The normalized spacial score (nSPS) is 26.1. The van der Waals surface area contributed by atoms with Gasteiger partial charge in [-0.3, -0.25) is 4.79 Å². The first-order chi connectivity index (χ1) is 13.9. The van der Waals surface area contributed by atoms with Gasteiger partial charge in [0.05, 0.1) is 18.8 Å². The first kappa shape index (κ1) is 21.0. The highest BCUT2D eigenvalue weighted by molar-refractivity contribution is 5.89. The fourth-order valence-corrected chi connectivity index (χ4v) is 3.09. The molecule has 1 saturated heterocycles. The Morgan fingerprint density at radius 1 is 1.07 bits per heavy atom. The highest BCUT2D eigenvalue weighted by atomic mass is 19.1. The van der Waals surface area contributed by atoms with Crippen molar-refractivity contribution in [2.45, 2.75) is 44.6 Å². The summed E-state index contributed by atoms with van der Waals surface area (Å²) in [6.07, 6.45) is -4.19. The summed E-state index contributed by atoms with van der Waals surface area (Å²) in [4.78, 5) is 23.9. The number of ether oxygens (including phenoxy) is 4. The van der Waals surface area contributed by atoms with Crippen LogP contribution in [0.5, 0.6) is 0 Å². The Labute approximate surface area is 168 Å². The fraction of sp³-hybridized carbons (Fsp3) is 0.364. The van der Waals surface area contributed by atoms with E-state index in [-0.39, 0.29) is 18.8 Å². The van der Waals surface area contributed by atoms with E-state index in [1.807, 2.05) is 30.3 Å². The van der Waals surface area contributed by atoms with E-state index in [1.165, 1.54) is 13.8 Å². The Kier molecular flexibility index (Phi) is 6.61. The minimum Gasteiger partial charge on any atom is -0.446 e. The van der Waals surface area contributed by atoms with Crippen LogP contribution >= 0.6 is 0 Å². The van der Waals surface area contributed by atoms with Crippen molar-refractivity contribution in [1.29, 1.82) is 0 Å². The maximum absolute atomic E-state index is 15.3. The molecule has 1 heterocycles. The van der Waals surface area contributed by atoms with Gasteiger partial charge in [0.25, 0.3) is 0 Å². The molecular weight excluding hydrogens is 379 g/mol. The van der Waals surface area contributed by atoms with Gasteiger partial charge in [-0.15, -0.1) is 0 Å². The lowest BCUT2D eigenvalue weighted by molar-refractivity contribution is -0.205. The second kappa shape index (κ2) is 9.15. The minimum atomic E-state index is -1.81. The number of rotatable bonds is 7. The smallest absolute Gasteiger partial charge is 0.339 e. The van der Waals surface area contributed by atoms with Crippen LogP contribution in [0.2, 0.25) is 0 Å². The molecule has 1 aliphatic heterocycles. The fourth-order valence-electron chi connectivity index (χ4n) is 3.09. The quantitative estimate of drug-likeness (QED) is 0.661. The summed E-state index contributed by atoms with van der Waals surface area (Å²) in [5.41, 5.74) is -0.624. The molecule has 4 atom stereocenters. The molecule has 154 valence electrons. The maximum atomic E-state index is 15.3. The minimum absolute atomic E-state index is 0.0910. The Morgan fingerprint density at radius 2 is 1.69 bits per heavy atom. The van der Waals surface area contributed by atoms with E-state index in [4.69, 9.17) is 18.9 Å². The zero-order chi connectivity index (χ0) is 20.9. The maximum Gasteiger partial charge on any atom is 0.339 e. The molecule has 0 radical (unpaired) electrons. The molecule has 7 heteroatoms. The molecular formula is C22H23FO6. The summed E-state index contributed by atoms with van der Waals surface area (Å²) in [5.74, 6) is -1.41. The second-order valence-corrected chi connectivity index (χ2v) is 6.96. The third-order valence-electron chi connectivity index (χ3n) is 4.63. The average Bonchev–Trinajstić information content (AvgIpc) is 2.93. The van der Waals surface area contributed by atoms with Crippen LogP contribution in [0.1, 0.15) is 29.8 Å². The van der Waals surface area contributed by atoms with Crippen LogP contribution in [0.4, 0.5) is 4.39 Å². The number of esters is 2. The lowest BCUT2D eigenvalue weighted by Gasteiger charge is -2.30. The van der Waals surface area contributed by atoms with Gasteiger partial charge >= 0.3 is 11.9 Å². The highest BCUT2D eigenvalue weighted by Crippen LogP contribution is 2.38. The monoisotopic (exact) mass is 402 g/mol. The van der Waals surface area contributed by atoms with Crippen molar-refractivity contribution in [2.75, 3.05) is 6.61 Å². The van der Waals surface area contributed by atoms with Crippen molar-refractivity contribution in [3.63, 3.8) is 0 Å². The van der Waals surface area contributed by atoms with Gasteiger partial charge in [0, 0.05) is 6.92 Å². The number of benzene rings is 2. The average molecular weight is 402 g/mol. The van der Waals surface area contributed by atoms with Gasteiger partial charge < -0.3 is 18.9 Å². The summed E-state index contributed by atoms with van der Waals surface area (Å²) in [6, 6.07) is 17.6. The van der Waals surface area contributed by atoms with E-state index < -0.39 is 36.1 Å². The van der Waals surface area contributed by atoms with Gasteiger partial charge in [0.1, 0.15) is 6.10 Å². The number of halogens is 1. The molecule has 0 N–H and O–H groups in total. The number of alkyl halides is 1. The van der Waals surface area contributed by atoms with Crippen molar-refractivity contribution in [2.24, 2.45) is 0 Å². The van der Waals surface area contributed by atoms with Crippen LogP contribution in [0.15, 0.2) is 60.7 Å². The van der Waals surface area contributed by atoms with Gasteiger partial charge in [0.15, 0.2) is 6.17 Å².